The molecule has 0 atom stereocenters. The van der Waals surface area contributed by atoms with Gasteiger partial charge in [0.2, 0.25) is 0 Å². The molecule has 0 N–H and O–H groups in total. The maximum atomic E-state index is 12.5. The second-order valence-corrected chi connectivity index (χ2v) is 22.5. The first kappa shape index (κ1) is 48.6. The molecule has 69 heavy (non-hydrogen) atoms. The number of nitrogens with zero attached hydrogens (tertiary/aromatic N) is 3. The summed E-state index contributed by atoms with van der Waals surface area (Å²) in [5.74, 6) is -0.240. The van der Waals surface area contributed by atoms with Crippen molar-refractivity contribution in [1.29, 1.82) is 0 Å². The van der Waals surface area contributed by atoms with Crippen LogP contribution in [-0.4, -0.2) is 72.6 Å². The van der Waals surface area contributed by atoms with Crippen molar-refractivity contribution in [2.75, 3.05) is 68.3 Å². The number of fused-ring (bicyclic) bond motifs is 4. The standard InChI is InChI=1S/C25H23NOS.C23H21NO2S2.C10H12BrNO/c1-18(19-6-4-7-23(17-19)26-11-13-27-14-12-26)20-9-10-25-22(15-20)16-21-5-2-3-8-24(21)28-25;1-16-7-10-21(11-8-16)28(25,26)15-24-17(2)18-9-12-23-20(13-18)14-19-5-3-4-6-22(19)27-23;11-9-2-1-3-10(8-9)12-4-6-13-7-5-12/h2-10,15,17H,1,11-14,16H2;3-13H,14-15H2,1-2H3;1-3,8H,4-7H2. The van der Waals surface area contributed by atoms with E-state index in [1.54, 1.807) is 23.9 Å². The van der Waals surface area contributed by atoms with Gasteiger partial charge in [-0.2, -0.15) is 0 Å². The van der Waals surface area contributed by atoms with Gasteiger partial charge in [-0.15, -0.1) is 0 Å². The van der Waals surface area contributed by atoms with E-state index in [0.29, 0.717) is 4.90 Å². The summed E-state index contributed by atoms with van der Waals surface area (Å²) in [6, 6.07) is 54.2. The summed E-state index contributed by atoms with van der Waals surface area (Å²) in [5.41, 5.74) is 14.1. The molecule has 11 heteroatoms. The zero-order chi connectivity index (χ0) is 47.7. The van der Waals surface area contributed by atoms with E-state index in [1.165, 1.54) is 64.3 Å². The highest BCUT2D eigenvalue weighted by Gasteiger charge is 2.20. The quantitative estimate of drug-likeness (QED) is 0.139. The summed E-state index contributed by atoms with van der Waals surface area (Å²) in [6.45, 7) is 15.4. The Hall–Kier alpha value is -5.40. The van der Waals surface area contributed by atoms with Crippen molar-refractivity contribution in [3.05, 3.63) is 213 Å². The molecule has 4 aliphatic rings. The van der Waals surface area contributed by atoms with Gasteiger partial charge in [0.15, 0.2) is 9.84 Å². The third-order valence-corrected chi connectivity index (χ3v) is 17.1. The maximum absolute atomic E-state index is 12.5. The molecular weight excluding hydrogens is 979 g/mol. The summed E-state index contributed by atoms with van der Waals surface area (Å²) in [7, 11) is -3.43. The fourth-order valence-electron chi connectivity index (χ4n) is 8.66. The molecule has 11 rings (SSSR count). The van der Waals surface area contributed by atoms with E-state index in [2.05, 4.69) is 159 Å². The van der Waals surface area contributed by atoms with Gasteiger partial charge in [-0.25, -0.2) is 8.42 Å². The van der Waals surface area contributed by atoms with Crippen LogP contribution < -0.4 is 9.80 Å². The molecule has 7 aromatic carbocycles. The van der Waals surface area contributed by atoms with Crippen LogP contribution >= 0.6 is 39.5 Å². The van der Waals surface area contributed by atoms with Crippen LogP contribution in [0.1, 0.15) is 51.4 Å². The molecule has 4 heterocycles. The van der Waals surface area contributed by atoms with Gasteiger partial charge in [0.1, 0.15) is 5.88 Å². The third-order valence-electron chi connectivity index (χ3n) is 12.6. The molecule has 352 valence electrons. The van der Waals surface area contributed by atoms with Crippen molar-refractivity contribution in [3.63, 3.8) is 0 Å². The van der Waals surface area contributed by atoms with Crippen LogP contribution in [0.15, 0.2) is 198 Å². The summed E-state index contributed by atoms with van der Waals surface area (Å²) >= 11 is 7.13. The van der Waals surface area contributed by atoms with E-state index < -0.39 is 9.84 Å². The molecule has 4 aliphatic heterocycles. The van der Waals surface area contributed by atoms with E-state index >= 15 is 0 Å². The number of aryl methyl sites for hydroxylation is 1. The zero-order valence-electron chi connectivity index (χ0n) is 39.1. The van der Waals surface area contributed by atoms with Crippen molar-refractivity contribution in [3.8, 4) is 0 Å². The second kappa shape index (κ2) is 22.6. The van der Waals surface area contributed by atoms with Crippen LogP contribution in [0.4, 0.5) is 11.4 Å². The Labute approximate surface area is 424 Å². The Morgan fingerprint density at radius 1 is 0.580 bits per heavy atom. The Morgan fingerprint density at radius 3 is 1.65 bits per heavy atom. The number of hydrogen-bond acceptors (Lipinski definition) is 9. The van der Waals surface area contributed by atoms with E-state index in [4.69, 9.17) is 9.47 Å². The lowest BCUT2D eigenvalue weighted by Crippen LogP contribution is -2.36. The lowest BCUT2D eigenvalue weighted by Gasteiger charge is -2.29. The summed E-state index contributed by atoms with van der Waals surface area (Å²) in [6.07, 6.45) is 1.88. The Bertz CT molecular complexity index is 3090. The molecular formula is C58H56BrN3O4S3. The van der Waals surface area contributed by atoms with Crippen LogP contribution in [0.5, 0.6) is 0 Å². The first-order valence-corrected chi connectivity index (χ1v) is 27.4. The van der Waals surface area contributed by atoms with Crippen molar-refractivity contribution >= 4 is 72.0 Å². The fourth-order valence-corrected chi connectivity index (χ4v) is 12.2. The van der Waals surface area contributed by atoms with Crippen LogP contribution in [0.3, 0.4) is 0 Å². The highest BCUT2D eigenvalue weighted by atomic mass is 79.9. The molecule has 2 fully saturated rings. The van der Waals surface area contributed by atoms with Gasteiger partial charge in [-0.05, 0) is 150 Å². The van der Waals surface area contributed by atoms with Gasteiger partial charge in [0.25, 0.3) is 0 Å². The van der Waals surface area contributed by atoms with Crippen molar-refractivity contribution in [1.82, 2.24) is 0 Å². The maximum Gasteiger partial charge on any atom is 0.198 e. The molecule has 7 aromatic rings. The number of rotatable bonds is 8. The number of anilines is 2. The number of hydrogen-bond donors (Lipinski definition) is 0. The molecule has 7 nitrogen and oxygen atoms in total. The van der Waals surface area contributed by atoms with Crippen LogP contribution in [0.25, 0.3) is 5.57 Å². The second-order valence-electron chi connectivity index (χ2n) is 17.4. The predicted octanol–water partition coefficient (Wildman–Crippen LogP) is 13.2. The summed E-state index contributed by atoms with van der Waals surface area (Å²) in [5, 5.41) is 0. The zero-order valence-corrected chi connectivity index (χ0v) is 43.1. The SMILES string of the molecule is Brc1cccc(N2CCOCC2)c1.C=C(c1cccc(N2CCOCC2)c1)c1ccc2c(c1)Cc1ccccc1S2.CC(=NCS(=O)(=O)c1ccc(C)cc1)c1ccc2c(c1)Cc1ccccc1S2. The smallest absolute Gasteiger partial charge is 0.198 e. The Morgan fingerprint density at radius 2 is 1.07 bits per heavy atom. The van der Waals surface area contributed by atoms with E-state index in [1.807, 2.05) is 49.9 Å². The number of sulfone groups is 1. The largest absolute Gasteiger partial charge is 0.378 e. The minimum Gasteiger partial charge on any atom is -0.378 e. The molecule has 0 amide bonds. The van der Waals surface area contributed by atoms with Gasteiger partial charge < -0.3 is 19.3 Å². The topological polar surface area (TPSA) is 71.4 Å². The molecule has 0 spiro atoms. The lowest BCUT2D eigenvalue weighted by molar-refractivity contribution is 0.122. The molecule has 0 aromatic heterocycles. The molecule has 0 saturated carbocycles. The molecule has 0 radical (unpaired) electrons. The van der Waals surface area contributed by atoms with Crippen LogP contribution in [0.2, 0.25) is 0 Å². The van der Waals surface area contributed by atoms with Gasteiger partial charge in [-0.3, -0.25) is 4.99 Å². The van der Waals surface area contributed by atoms with Gasteiger partial charge in [-0.1, -0.05) is 130 Å². The van der Waals surface area contributed by atoms with Crippen molar-refractivity contribution in [2.24, 2.45) is 4.99 Å². The molecule has 0 unspecified atom stereocenters. The molecule has 0 bridgehead atoms. The highest BCUT2D eigenvalue weighted by molar-refractivity contribution is 9.10. The number of morpholine rings is 2. The number of aliphatic imine (C=N–C) groups is 1. The number of halogens is 1. The minimum atomic E-state index is -3.43. The number of benzene rings is 7. The average molecular weight is 1040 g/mol. The lowest BCUT2D eigenvalue weighted by atomic mass is 9.95. The Balaban J connectivity index is 0.000000138. The Kier molecular flexibility index (Phi) is 15.9. The minimum absolute atomic E-state index is 0.240. The molecule has 2 saturated heterocycles. The van der Waals surface area contributed by atoms with Crippen molar-refractivity contribution < 1.29 is 17.9 Å². The van der Waals surface area contributed by atoms with Gasteiger partial charge >= 0.3 is 0 Å². The first-order valence-electron chi connectivity index (χ1n) is 23.4. The van der Waals surface area contributed by atoms with Crippen molar-refractivity contribution in [2.45, 2.75) is 51.2 Å². The number of ether oxygens (including phenoxy) is 2. The normalized spacial score (nSPS) is 15.2. The van der Waals surface area contributed by atoms with Gasteiger partial charge in [0.05, 0.1) is 31.3 Å². The predicted molar refractivity (Wildman–Crippen MR) is 290 cm³/mol. The van der Waals surface area contributed by atoms with E-state index in [-0.39, 0.29) is 5.88 Å². The van der Waals surface area contributed by atoms with Crippen LogP contribution in [0, 0.1) is 6.92 Å². The summed E-state index contributed by atoms with van der Waals surface area (Å²) in [4.78, 5) is 14.7. The monoisotopic (exact) mass is 1030 g/mol. The van der Waals surface area contributed by atoms with Gasteiger partial charge in [0, 0.05) is 67.3 Å². The van der Waals surface area contributed by atoms with E-state index in [0.717, 1.165) is 92.3 Å². The van der Waals surface area contributed by atoms with Crippen LogP contribution in [-0.2, 0) is 32.2 Å². The fraction of sp³-hybridized carbons (Fsp3) is 0.224. The van der Waals surface area contributed by atoms with E-state index in [9.17, 15) is 8.42 Å². The molecule has 0 aliphatic carbocycles. The third kappa shape index (κ3) is 12.3. The first-order chi connectivity index (χ1) is 33.6. The highest BCUT2D eigenvalue weighted by Crippen LogP contribution is 2.42. The average Bonchev–Trinajstić information content (AvgIpc) is 3.39. The summed E-state index contributed by atoms with van der Waals surface area (Å²) < 4.78 is 37.0.